The smallest absolute Gasteiger partial charge is 0.260 e. The van der Waals surface area contributed by atoms with E-state index < -0.39 is 0 Å². The fourth-order valence-corrected chi connectivity index (χ4v) is 3.12. The van der Waals surface area contributed by atoms with E-state index >= 15 is 0 Å². The number of carbonyl (C=O) groups is 1. The zero-order chi connectivity index (χ0) is 17.1. The maximum absolute atomic E-state index is 12.4. The molecular weight excluding hydrogens is 332 g/mol. The number of methoxy groups -OCH3 is 1. The molecule has 0 radical (unpaired) electrons. The molecule has 8 heteroatoms. The standard InChI is InChI=1S/C16H19ClN4O3/c1-10-5-11(17)3-4-14(10)24-9-16(22)21-7-12(15(8-21)23-2)13-6-18-20-19-13/h3-6,12,15H,7-9H2,1-2H3,(H,18,19,20)/t12-,15+/m0/s1. The summed E-state index contributed by atoms with van der Waals surface area (Å²) < 4.78 is 11.1. The number of nitrogens with zero attached hydrogens (tertiary/aromatic N) is 3. The van der Waals surface area contributed by atoms with E-state index in [0.717, 1.165) is 11.3 Å². The van der Waals surface area contributed by atoms with E-state index in [-0.39, 0.29) is 24.5 Å². The molecular formula is C16H19ClN4O3. The number of rotatable bonds is 5. The van der Waals surface area contributed by atoms with Crippen molar-refractivity contribution in [2.45, 2.75) is 18.9 Å². The van der Waals surface area contributed by atoms with Gasteiger partial charge in [0.2, 0.25) is 0 Å². The van der Waals surface area contributed by atoms with E-state index in [1.807, 2.05) is 6.92 Å². The number of halogens is 1. The van der Waals surface area contributed by atoms with Gasteiger partial charge >= 0.3 is 0 Å². The lowest BCUT2D eigenvalue weighted by Gasteiger charge is -2.17. The number of benzene rings is 1. The van der Waals surface area contributed by atoms with Gasteiger partial charge in [0.25, 0.3) is 5.91 Å². The first-order valence-electron chi connectivity index (χ1n) is 7.63. The van der Waals surface area contributed by atoms with Crippen LogP contribution in [0.3, 0.4) is 0 Å². The monoisotopic (exact) mass is 350 g/mol. The summed E-state index contributed by atoms with van der Waals surface area (Å²) in [4.78, 5) is 14.2. The lowest BCUT2D eigenvalue weighted by Crippen LogP contribution is -2.34. The first-order chi connectivity index (χ1) is 11.6. The van der Waals surface area contributed by atoms with Gasteiger partial charge in [0, 0.05) is 25.2 Å². The van der Waals surface area contributed by atoms with Gasteiger partial charge in [-0.25, -0.2) is 0 Å². The minimum Gasteiger partial charge on any atom is -0.483 e. The summed E-state index contributed by atoms with van der Waals surface area (Å²) >= 11 is 5.92. The van der Waals surface area contributed by atoms with Gasteiger partial charge < -0.3 is 14.4 Å². The molecule has 24 heavy (non-hydrogen) atoms. The topological polar surface area (TPSA) is 80.3 Å². The third kappa shape index (κ3) is 3.52. The van der Waals surface area contributed by atoms with Crippen LogP contribution in [0.15, 0.2) is 24.4 Å². The molecule has 2 heterocycles. The Bertz CT molecular complexity index is 707. The highest BCUT2D eigenvalue weighted by atomic mass is 35.5. The number of aryl methyl sites for hydroxylation is 1. The largest absolute Gasteiger partial charge is 0.483 e. The third-order valence-corrected chi connectivity index (χ3v) is 4.46. The van der Waals surface area contributed by atoms with E-state index in [1.165, 1.54) is 0 Å². The summed E-state index contributed by atoms with van der Waals surface area (Å²) in [6, 6.07) is 5.32. The second-order valence-corrected chi connectivity index (χ2v) is 6.21. The Labute approximate surface area is 144 Å². The van der Waals surface area contributed by atoms with Crippen LogP contribution in [0.5, 0.6) is 5.75 Å². The molecule has 1 aromatic heterocycles. The van der Waals surface area contributed by atoms with Crippen molar-refractivity contribution in [2.75, 3.05) is 26.8 Å². The molecule has 2 atom stereocenters. The van der Waals surface area contributed by atoms with Gasteiger partial charge in [0.1, 0.15) is 5.75 Å². The fraction of sp³-hybridized carbons (Fsp3) is 0.438. The van der Waals surface area contributed by atoms with Crippen LogP contribution in [0.4, 0.5) is 0 Å². The number of aromatic amines is 1. The molecule has 0 saturated carbocycles. The first kappa shape index (κ1) is 16.7. The summed E-state index contributed by atoms with van der Waals surface area (Å²) in [5, 5.41) is 11.2. The maximum Gasteiger partial charge on any atom is 0.260 e. The average molecular weight is 351 g/mol. The van der Waals surface area contributed by atoms with Crippen molar-refractivity contribution in [2.24, 2.45) is 0 Å². The Kier molecular flexibility index (Phi) is 5.01. The van der Waals surface area contributed by atoms with Gasteiger partial charge in [-0.1, -0.05) is 11.6 Å². The molecule has 0 unspecified atom stereocenters. The zero-order valence-corrected chi connectivity index (χ0v) is 14.3. The number of H-pyrrole nitrogens is 1. The van der Waals surface area contributed by atoms with Crippen molar-refractivity contribution in [3.63, 3.8) is 0 Å². The molecule has 1 saturated heterocycles. The van der Waals surface area contributed by atoms with Crippen LogP contribution in [0.1, 0.15) is 17.2 Å². The van der Waals surface area contributed by atoms with E-state index in [0.29, 0.717) is 23.9 Å². The summed E-state index contributed by atoms with van der Waals surface area (Å²) in [6.07, 6.45) is 1.56. The predicted molar refractivity (Wildman–Crippen MR) is 88.2 cm³/mol. The van der Waals surface area contributed by atoms with Crippen LogP contribution in [-0.4, -0.2) is 59.1 Å². The summed E-state index contributed by atoms with van der Waals surface area (Å²) in [5.74, 6) is 0.579. The number of hydrogen-bond donors (Lipinski definition) is 1. The van der Waals surface area contributed by atoms with Gasteiger partial charge in [-0.05, 0) is 30.7 Å². The van der Waals surface area contributed by atoms with Crippen LogP contribution in [0.25, 0.3) is 0 Å². The second-order valence-electron chi connectivity index (χ2n) is 5.77. The lowest BCUT2D eigenvalue weighted by molar-refractivity contribution is -0.132. The first-order valence-corrected chi connectivity index (χ1v) is 8.01. The molecule has 2 aromatic rings. The molecule has 0 aliphatic carbocycles. The van der Waals surface area contributed by atoms with Crippen LogP contribution >= 0.6 is 11.6 Å². The average Bonchev–Trinajstić information content (AvgIpc) is 3.22. The van der Waals surface area contributed by atoms with Crippen molar-refractivity contribution in [3.8, 4) is 5.75 Å². The van der Waals surface area contributed by atoms with Crippen LogP contribution in [0.2, 0.25) is 5.02 Å². The predicted octanol–water partition coefficient (Wildman–Crippen LogP) is 1.79. The zero-order valence-electron chi connectivity index (χ0n) is 13.5. The molecule has 3 rings (SSSR count). The SMILES string of the molecule is CO[C@@H]1CN(C(=O)COc2ccc(Cl)cc2C)C[C@H]1c1cn[nH]n1. The highest BCUT2D eigenvalue weighted by Crippen LogP contribution is 2.28. The number of nitrogens with one attached hydrogen (secondary N) is 1. The highest BCUT2D eigenvalue weighted by Gasteiger charge is 2.37. The molecule has 7 nitrogen and oxygen atoms in total. The van der Waals surface area contributed by atoms with E-state index in [2.05, 4.69) is 15.4 Å². The lowest BCUT2D eigenvalue weighted by atomic mass is 10.0. The van der Waals surface area contributed by atoms with Crippen molar-refractivity contribution >= 4 is 17.5 Å². The number of hydrogen-bond acceptors (Lipinski definition) is 5. The Morgan fingerprint density at radius 1 is 1.46 bits per heavy atom. The highest BCUT2D eigenvalue weighted by molar-refractivity contribution is 6.30. The molecule has 1 aliphatic rings. The van der Waals surface area contributed by atoms with Crippen molar-refractivity contribution in [1.29, 1.82) is 0 Å². The number of carbonyl (C=O) groups excluding carboxylic acids is 1. The Hall–Kier alpha value is -2.12. The van der Waals surface area contributed by atoms with Crippen molar-refractivity contribution < 1.29 is 14.3 Å². The van der Waals surface area contributed by atoms with Gasteiger partial charge in [-0.2, -0.15) is 15.4 Å². The van der Waals surface area contributed by atoms with Gasteiger partial charge in [-0.3, -0.25) is 4.79 Å². The molecule has 0 bridgehead atoms. The third-order valence-electron chi connectivity index (χ3n) is 4.22. The van der Waals surface area contributed by atoms with Crippen LogP contribution in [0, 0.1) is 6.92 Å². The molecule has 1 amide bonds. The van der Waals surface area contributed by atoms with Gasteiger partial charge in [0.15, 0.2) is 6.61 Å². The second kappa shape index (κ2) is 7.19. The minimum absolute atomic E-state index is 0.00923. The number of ether oxygens (including phenoxy) is 2. The minimum atomic E-state index is -0.101. The normalized spacial score (nSPS) is 20.4. The number of likely N-dealkylation sites (tertiary alicyclic amines) is 1. The summed E-state index contributed by atoms with van der Waals surface area (Å²) in [6.45, 7) is 2.91. The van der Waals surface area contributed by atoms with Gasteiger partial charge in [0.05, 0.1) is 23.9 Å². The summed E-state index contributed by atoms with van der Waals surface area (Å²) in [7, 11) is 1.64. The van der Waals surface area contributed by atoms with Crippen LogP contribution < -0.4 is 4.74 Å². The summed E-state index contributed by atoms with van der Waals surface area (Å²) in [5.41, 5.74) is 1.69. The molecule has 1 aliphatic heterocycles. The molecule has 0 spiro atoms. The van der Waals surface area contributed by atoms with E-state index in [4.69, 9.17) is 21.1 Å². The number of amides is 1. The van der Waals surface area contributed by atoms with E-state index in [1.54, 1.807) is 36.4 Å². The molecule has 1 N–H and O–H groups in total. The van der Waals surface area contributed by atoms with Crippen molar-refractivity contribution in [3.05, 3.63) is 40.7 Å². The maximum atomic E-state index is 12.4. The number of aromatic nitrogens is 3. The molecule has 1 aromatic carbocycles. The molecule has 128 valence electrons. The van der Waals surface area contributed by atoms with E-state index in [9.17, 15) is 4.79 Å². The fourth-order valence-electron chi connectivity index (χ4n) is 2.90. The van der Waals surface area contributed by atoms with Gasteiger partial charge in [-0.15, -0.1) is 0 Å². The van der Waals surface area contributed by atoms with Crippen molar-refractivity contribution in [1.82, 2.24) is 20.3 Å². The Morgan fingerprint density at radius 2 is 2.29 bits per heavy atom. The Morgan fingerprint density at radius 3 is 2.96 bits per heavy atom. The Balaban J connectivity index is 1.61. The van der Waals surface area contributed by atoms with Crippen LogP contribution in [-0.2, 0) is 9.53 Å². The quantitative estimate of drug-likeness (QED) is 0.889. The molecule has 1 fully saturated rings.